The fourth-order valence-electron chi connectivity index (χ4n) is 2.93. The molecule has 0 spiro atoms. The maximum atomic E-state index is 12.3. The highest BCUT2D eigenvalue weighted by molar-refractivity contribution is 5.76. The average molecular weight is 350 g/mol. The number of carbonyl (C=O) groups excluding carboxylic acids is 1. The highest BCUT2D eigenvalue weighted by atomic mass is 16.5. The van der Waals surface area contributed by atoms with E-state index >= 15 is 0 Å². The van der Waals surface area contributed by atoms with Crippen LogP contribution in [0.5, 0.6) is 5.75 Å². The molecule has 1 heterocycles. The first-order chi connectivity index (χ1) is 12.0. The summed E-state index contributed by atoms with van der Waals surface area (Å²) in [7, 11) is 1.62. The Hall–Kier alpha value is -2.28. The van der Waals surface area contributed by atoms with E-state index in [2.05, 4.69) is 5.32 Å². The number of rotatable bonds is 7. The predicted octanol–water partition coefficient (Wildman–Crippen LogP) is 1.96. The van der Waals surface area contributed by atoms with Crippen molar-refractivity contribution < 1.29 is 24.2 Å². The number of piperidine rings is 1. The minimum atomic E-state index is -0.839. The molecule has 138 valence electrons. The average Bonchev–Trinajstić information content (AvgIpc) is 2.60. The highest BCUT2D eigenvalue weighted by Gasteiger charge is 2.31. The largest absolute Gasteiger partial charge is 0.491 e. The van der Waals surface area contributed by atoms with Crippen LogP contribution in [0.4, 0.5) is 4.79 Å². The second-order valence-electron chi connectivity index (χ2n) is 6.42. The van der Waals surface area contributed by atoms with E-state index in [9.17, 15) is 14.7 Å². The Labute approximate surface area is 147 Å². The van der Waals surface area contributed by atoms with Gasteiger partial charge in [0.2, 0.25) is 0 Å². The Kier molecular flexibility index (Phi) is 7.06. The number of benzene rings is 1. The molecule has 7 nitrogen and oxygen atoms in total. The Bertz CT molecular complexity index is 575. The minimum Gasteiger partial charge on any atom is -0.491 e. The van der Waals surface area contributed by atoms with Crippen LogP contribution in [0.1, 0.15) is 18.9 Å². The summed E-state index contributed by atoms with van der Waals surface area (Å²) in [5, 5.41) is 12.0. The quantitative estimate of drug-likeness (QED) is 0.734. The molecule has 2 atom stereocenters. The fraction of sp³-hybridized carbons (Fsp3) is 0.556. The molecule has 0 saturated carbocycles. The molecule has 2 rings (SSSR count). The first-order valence-electron chi connectivity index (χ1n) is 8.46. The molecule has 2 N–H and O–H groups in total. The molecule has 7 heteroatoms. The second-order valence-corrected chi connectivity index (χ2v) is 6.42. The van der Waals surface area contributed by atoms with Crippen molar-refractivity contribution in [2.75, 3.05) is 33.4 Å². The lowest BCUT2D eigenvalue weighted by molar-refractivity contribution is -0.143. The summed E-state index contributed by atoms with van der Waals surface area (Å²) < 4.78 is 10.4. The van der Waals surface area contributed by atoms with E-state index in [1.54, 1.807) is 12.0 Å². The number of carboxylic acids is 1. The molecule has 1 saturated heterocycles. The number of amides is 2. The number of hydrogen-bond acceptors (Lipinski definition) is 4. The van der Waals surface area contributed by atoms with Crippen molar-refractivity contribution in [3.05, 3.63) is 29.8 Å². The molecule has 0 aromatic heterocycles. The van der Waals surface area contributed by atoms with Crippen molar-refractivity contribution >= 4 is 12.0 Å². The summed E-state index contributed by atoms with van der Waals surface area (Å²) in [4.78, 5) is 25.1. The van der Waals surface area contributed by atoms with Crippen LogP contribution in [-0.4, -0.2) is 55.4 Å². The molecule has 1 fully saturated rings. The first kappa shape index (κ1) is 19.1. The van der Waals surface area contributed by atoms with Crippen molar-refractivity contribution in [2.24, 2.45) is 11.8 Å². The smallest absolute Gasteiger partial charge is 0.317 e. The Morgan fingerprint density at radius 1 is 1.24 bits per heavy atom. The maximum Gasteiger partial charge on any atom is 0.317 e. The number of aliphatic carboxylic acids is 1. The van der Waals surface area contributed by atoms with E-state index in [4.69, 9.17) is 9.47 Å². The van der Waals surface area contributed by atoms with Crippen LogP contribution < -0.4 is 10.1 Å². The third-order valence-electron chi connectivity index (χ3n) is 4.22. The van der Waals surface area contributed by atoms with Gasteiger partial charge in [-0.15, -0.1) is 0 Å². The van der Waals surface area contributed by atoms with E-state index in [0.717, 1.165) is 11.3 Å². The van der Waals surface area contributed by atoms with E-state index in [0.29, 0.717) is 32.7 Å². The molecule has 1 aromatic carbocycles. The summed E-state index contributed by atoms with van der Waals surface area (Å²) in [6, 6.07) is 7.25. The van der Waals surface area contributed by atoms with Gasteiger partial charge in [-0.1, -0.05) is 19.1 Å². The lowest BCUT2D eigenvalue weighted by atomic mass is 9.91. The number of hydrogen-bond donors (Lipinski definition) is 2. The summed E-state index contributed by atoms with van der Waals surface area (Å²) in [6.07, 6.45) is 0.615. The van der Waals surface area contributed by atoms with Crippen LogP contribution in [0.2, 0.25) is 0 Å². The lowest BCUT2D eigenvalue weighted by Crippen LogP contribution is -2.49. The number of methoxy groups -OCH3 is 1. The summed E-state index contributed by atoms with van der Waals surface area (Å²) >= 11 is 0. The van der Waals surface area contributed by atoms with Crippen LogP contribution in [0.3, 0.4) is 0 Å². The zero-order valence-electron chi connectivity index (χ0n) is 14.7. The summed E-state index contributed by atoms with van der Waals surface area (Å²) in [5.74, 6) is -0.392. The lowest BCUT2D eigenvalue weighted by Gasteiger charge is -2.34. The van der Waals surface area contributed by atoms with Gasteiger partial charge in [-0.25, -0.2) is 4.79 Å². The molecule has 2 unspecified atom stereocenters. The van der Waals surface area contributed by atoms with E-state index in [1.165, 1.54) is 0 Å². The number of ether oxygens (including phenoxy) is 2. The maximum absolute atomic E-state index is 12.3. The third-order valence-corrected chi connectivity index (χ3v) is 4.22. The molecule has 0 bridgehead atoms. The van der Waals surface area contributed by atoms with Gasteiger partial charge in [-0.05, 0) is 30.0 Å². The standard InChI is InChI=1S/C18H26N2O5/c1-13-9-15(17(21)22)12-20(11-13)18(23)19-10-14-3-5-16(6-4-14)25-8-7-24-2/h3-6,13,15H,7-12H2,1-2H3,(H,19,23)(H,21,22). The van der Waals surface area contributed by atoms with Crippen molar-refractivity contribution in [1.29, 1.82) is 0 Å². The van der Waals surface area contributed by atoms with Gasteiger partial charge in [-0.2, -0.15) is 0 Å². The topological polar surface area (TPSA) is 88.1 Å². The second kappa shape index (κ2) is 9.27. The van der Waals surface area contributed by atoms with Gasteiger partial charge in [0.25, 0.3) is 0 Å². The Balaban J connectivity index is 1.81. The highest BCUT2D eigenvalue weighted by Crippen LogP contribution is 2.22. The summed E-state index contributed by atoms with van der Waals surface area (Å²) in [6.45, 7) is 4.23. The van der Waals surface area contributed by atoms with Gasteiger partial charge in [0, 0.05) is 26.7 Å². The number of carboxylic acid groups (broad SMARTS) is 1. The molecule has 2 amide bonds. The normalized spacial score (nSPS) is 20.2. The first-order valence-corrected chi connectivity index (χ1v) is 8.46. The zero-order chi connectivity index (χ0) is 18.2. The van der Waals surface area contributed by atoms with Gasteiger partial charge >= 0.3 is 12.0 Å². The van der Waals surface area contributed by atoms with Gasteiger partial charge in [-0.3, -0.25) is 4.79 Å². The summed E-state index contributed by atoms with van der Waals surface area (Å²) in [5.41, 5.74) is 0.951. The number of urea groups is 1. The monoisotopic (exact) mass is 350 g/mol. The van der Waals surface area contributed by atoms with E-state index < -0.39 is 11.9 Å². The van der Waals surface area contributed by atoms with Crippen molar-refractivity contribution in [3.8, 4) is 5.75 Å². The van der Waals surface area contributed by atoms with E-state index in [-0.39, 0.29) is 18.5 Å². The van der Waals surface area contributed by atoms with Gasteiger partial charge in [0.05, 0.1) is 12.5 Å². The predicted molar refractivity (Wildman–Crippen MR) is 92.5 cm³/mol. The molecule has 25 heavy (non-hydrogen) atoms. The molecule has 0 aliphatic carbocycles. The van der Waals surface area contributed by atoms with Crippen LogP contribution in [0.15, 0.2) is 24.3 Å². The molecule has 1 aliphatic heterocycles. The minimum absolute atomic E-state index is 0.184. The van der Waals surface area contributed by atoms with Crippen LogP contribution in [0, 0.1) is 11.8 Å². The third kappa shape index (κ3) is 5.94. The van der Waals surface area contributed by atoms with Crippen molar-refractivity contribution in [2.45, 2.75) is 19.9 Å². The Morgan fingerprint density at radius 3 is 2.60 bits per heavy atom. The molecular weight excluding hydrogens is 324 g/mol. The van der Waals surface area contributed by atoms with Gasteiger partial charge in [0.1, 0.15) is 12.4 Å². The van der Waals surface area contributed by atoms with Crippen molar-refractivity contribution in [3.63, 3.8) is 0 Å². The van der Waals surface area contributed by atoms with Crippen LogP contribution in [-0.2, 0) is 16.1 Å². The fourth-order valence-corrected chi connectivity index (χ4v) is 2.93. The van der Waals surface area contributed by atoms with Gasteiger partial charge < -0.3 is 24.8 Å². The van der Waals surface area contributed by atoms with Crippen LogP contribution in [0.25, 0.3) is 0 Å². The Morgan fingerprint density at radius 2 is 1.96 bits per heavy atom. The molecule has 1 aromatic rings. The molecular formula is C18H26N2O5. The SMILES string of the molecule is COCCOc1ccc(CNC(=O)N2CC(C)CC(C(=O)O)C2)cc1. The zero-order valence-corrected chi connectivity index (χ0v) is 14.7. The van der Waals surface area contributed by atoms with Crippen molar-refractivity contribution in [1.82, 2.24) is 10.2 Å². The molecule has 0 radical (unpaired) electrons. The number of nitrogens with zero attached hydrogens (tertiary/aromatic N) is 1. The number of nitrogens with one attached hydrogen (secondary N) is 1. The van der Waals surface area contributed by atoms with Gasteiger partial charge in [0.15, 0.2) is 0 Å². The molecule has 1 aliphatic rings. The number of carbonyl (C=O) groups is 2. The van der Waals surface area contributed by atoms with E-state index in [1.807, 2.05) is 31.2 Å². The number of likely N-dealkylation sites (tertiary alicyclic amines) is 1. The van der Waals surface area contributed by atoms with Crippen LogP contribution >= 0.6 is 0 Å².